The fourth-order valence-corrected chi connectivity index (χ4v) is 3.03. The fraction of sp³-hybridized carbons (Fsp3) is 0.238. The molecule has 0 spiro atoms. The van der Waals surface area contributed by atoms with Gasteiger partial charge in [-0.1, -0.05) is 61.9 Å². The van der Waals surface area contributed by atoms with Crippen LogP contribution in [0.25, 0.3) is 5.57 Å². The highest BCUT2D eigenvalue weighted by Gasteiger charge is 2.25. The van der Waals surface area contributed by atoms with Crippen LogP contribution in [0.15, 0.2) is 54.6 Å². The van der Waals surface area contributed by atoms with Gasteiger partial charge in [-0.2, -0.15) is 0 Å². The van der Waals surface area contributed by atoms with Gasteiger partial charge in [-0.05, 0) is 42.0 Å². The molecule has 2 aromatic carbocycles. The van der Waals surface area contributed by atoms with Gasteiger partial charge in [0.25, 0.3) is 11.7 Å². The van der Waals surface area contributed by atoms with E-state index in [0.29, 0.717) is 12.0 Å². The highest BCUT2D eigenvalue weighted by Crippen LogP contribution is 2.28. The summed E-state index contributed by atoms with van der Waals surface area (Å²) in [5.41, 5.74) is 4.28. The molecule has 0 aliphatic heterocycles. The Morgan fingerprint density at radius 2 is 1.79 bits per heavy atom. The third kappa shape index (κ3) is 3.30. The second-order valence-corrected chi connectivity index (χ2v) is 6.02. The molecule has 24 heavy (non-hydrogen) atoms. The van der Waals surface area contributed by atoms with Crippen molar-refractivity contribution in [2.45, 2.75) is 32.6 Å². The van der Waals surface area contributed by atoms with E-state index >= 15 is 0 Å². The molecule has 0 saturated carbocycles. The van der Waals surface area contributed by atoms with Crippen LogP contribution in [-0.2, 0) is 22.4 Å². The summed E-state index contributed by atoms with van der Waals surface area (Å²) in [4.78, 5) is 25.0. The van der Waals surface area contributed by atoms with E-state index in [9.17, 15) is 9.59 Å². The number of amides is 1. The number of carbonyl (C=O) groups excluding carboxylic acids is 2. The quantitative estimate of drug-likeness (QED) is 0.812. The smallest absolute Gasteiger partial charge is 0.296 e. The topological polar surface area (TPSA) is 46.2 Å². The van der Waals surface area contributed by atoms with E-state index in [2.05, 4.69) is 12.2 Å². The molecule has 1 aliphatic rings. The molecule has 0 aromatic heterocycles. The molecule has 0 fully saturated rings. The van der Waals surface area contributed by atoms with Crippen molar-refractivity contribution in [2.75, 3.05) is 5.32 Å². The van der Waals surface area contributed by atoms with Gasteiger partial charge in [-0.3, -0.25) is 9.59 Å². The van der Waals surface area contributed by atoms with Crippen molar-refractivity contribution in [3.63, 3.8) is 0 Å². The maximum absolute atomic E-state index is 12.6. The van der Waals surface area contributed by atoms with E-state index in [-0.39, 0.29) is 0 Å². The number of Topliss-reactive ketones (excluding diaryl/α,β-unsaturated/α-hetero) is 1. The predicted octanol–water partition coefficient (Wildman–Crippen LogP) is 4.18. The van der Waals surface area contributed by atoms with Crippen molar-refractivity contribution in [3.05, 3.63) is 71.3 Å². The molecule has 0 radical (unpaired) electrons. The maximum Gasteiger partial charge on any atom is 0.296 e. The van der Waals surface area contributed by atoms with E-state index < -0.39 is 11.7 Å². The van der Waals surface area contributed by atoms with Crippen LogP contribution in [0.4, 0.5) is 5.69 Å². The second kappa shape index (κ2) is 7.26. The summed E-state index contributed by atoms with van der Waals surface area (Å²) in [5.74, 6) is -1.04. The van der Waals surface area contributed by atoms with Crippen LogP contribution in [-0.4, -0.2) is 11.7 Å². The van der Waals surface area contributed by atoms with Gasteiger partial charge < -0.3 is 5.32 Å². The number of rotatable bonds is 6. The summed E-state index contributed by atoms with van der Waals surface area (Å²) < 4.78 is 0. The summed E-state index contributed by atoms with van der Waals surface area (Å²) in [7, 11) is 0. The van der Waals surface area contributed by atoms with Crippen molar-refractivity contribution in [1.82, 2.24) is 0 Å². The Labute approximate surface area is 142 Å². The molecular weight excluding hydrogens is 298 g/mol. The first-order chi connectivity index (χ1) is 11.7. The van der Waals surface area contributed by atoms with Crippen LogP contribution in [0.3, 0.4) is 0 Å². The number of ketones is 1. The zero-order valence-electron chi connectivity index (χ0n) is 13.8. The maximum atomic E-state index is 12.6. The van der Waals surface area contributed by atoms with Crippen LogP contribution >= 0.6 is 0 Å². The van der Waals surface area contributed by atoms with Gasteiger partial charge in [-0.15, -0.1) is 0 Å². The van der Waals surface area contributed by atoms with E-state index in [4.69, 9.17) is 0 Å². The summed E-state index contributed by atoms with van der Waals surface area (Å²) in [6.07, 6.45) is 5.59. The van der Waals surface area contributed by atoms with Crippen molar-refractivity contribution < 1.29 is 9.59 Å². The molecule has 0 saturated heterocycles. The van der Waals surface area contributed by atoms with Crippen LogP contribution < -0.4 is 5.32 Å². The molecule has 1 amide bonds. The van der Waals surface area contributed by atoms with Gasteiger partial charge in [0.15, 0.2) is 0 Å². The number of benzene rings is 2. The monoisotopic (exact) mass is 319 g/mol. The molecular formula is C21H21NO2. The first-order valence-corrected chi connectivity index (χ1v) is 8.42. The number of para-hydroxylation sites is 1. The lowest BCUT2D eigenvalue weighted by Gasteiger charge is -2.11. The number of aryl methyl sites for hydroxylation is 1. The van der Waals surface area contributed by atoms with E-state index in [0.717, 1.165) is 41.6 Å². The Kier molecular flexibility index (Phi) is 4.90. The molecule has 3 nitrogen and oxygen atoms in total. The van der Waals surface area contributed by atoms with Crippen LogP contribution in [0, 0.1) is 0 Å². The molecule has 0 heterocycles. The van der Waals surface area contributed by atoms with Crippen molar-refractivity contribution in [1.29, 1.82) is 0 Å². The molecule has 1 aliphatic carbocycles. The largest absolute Gasteiger partial charge is 0.319 e. The number of anilines is 1. The van der Waals surface area contributed by atoms with Gasteiger partial charge >= 0.3 is 0 Å². The summed E-state index contributed by atoms with van der Waals surface area (Å²) in [6.45, 7) is 2.13. The molecule has 1 N–H and O–H groups in total. The summed E-state index contributed by atoms with van der Waals surface area (Å²) >= 11 is 0. The third-order valence-corrected chi connectivity index (χ3v) is 4.35. The van der Waals surface area contributed by atoms with Gasteiger partial charge in [-0.25, -0.2) is 0 Å². The minimum Gasteiger partial charge on any atom is -0.319 e. The lowest BCUT2D eigenvalue weighted by Crippen LogP contribution is -2.24. The number of nitrogens with one attached hydrogen (secondary N) is 1. The normalized spacial score (nSPS) is 12.5. The van der Waals surface area contributed by atoms with Crippen LogP contribution in [0.2, 0.25) is 0 Å². The van der Waals surface area contributed by atoms with E-state index in [1.54, 1.807) is 0 Å². The Morgan fingerprint density at radius 3 is 2.62 bits per heavy atom. The van der Waals surface area contributed by atoms with E-state index in [1.165, 1.54) is 0 Å². The van der Waals surface area contributed by atoms with Crippen molar-refractivity contribution >= 4 is 23.0 Å². The average Bonchev–Trinajstić information content (AvgIpc) is 3.04. The zero-order chi connectivity index (χ0) is 16.9. The molecule has 3 rings (SSSR count). The van der Waals surface area contributed by atoms with Gasteiger partial charge in [0.1, 0.15) is 0 Å². The SMILES string of the molecule is CCCCc1ccccc1NC(=O)C(=O)C1=CCc2ccccc21. The Hall–Kier alpha value is -2.68. The Balaban J connectivity index is 1.76. The number of hydrogen-bond acceptors (Lipinski definition) is 2. The van der Waals surface area contributed by atoms with E-state index in [1.807, 2.05) is 54.6 Å². The first kappa shape index (κ1) is 16.2. The van der Waals surface area contributed by atoms with Gasteiger partial charge in [0.05, 0.1) is 0 Å². The number of unbranched alkanes of at least 4 members (excludes halogenated alkanes) is 1. The minimum absolute atomic E-state index is 0.467. The summed E-state index contributed by atoms with van der Waals surface area (Å²) in [5, 5.41) is 2.80. The minimum atomic E-state index is -0.568. The van der Waals surface area contributed by atoms with Crippen molar-refractivity contribution in [2.24, 2.45) is 0 Å². The number of hydrogen-bond donors (Lipinski definition) is 1. The molecule has 0 atom stereocenters. The second-order valence-electron chi connectivity index (χ2n) is 6.02. The predicted molar refractivity (Wildman–Crippen MR) is 96.8 cm³/mol. The van der Waals surface area contributed by atoms with Gasteiger partial charge in [0, 0.05) is 11.3 Å². The zero-order valence-corrected chi connectivity index (χ0v) is 13.8. The van der Waals surface area contributed by atoms with Crippen molar-refractivity contribution in [3.8, 4) is 0 Å². The Bertz CT molecular complexity index is 805. The Morgan fingerprint density at radius 1 is 1.04 bits per heavy atom. The standard InChI is InChI=1S/C21H21NO2/c1-2-3-8-16-10-5-7-12-19(16)22-21(24)20(23)18-14-13-15-9-4-6-11-17(15)18/h4-7,9-12,14H,2-3,8,13H2,1H3,(H,22,24). The fourth-order valence-electron chi connectivity index (χ4n) is 3.03. The lowest BCUT2D eigenvalue weighted by molar-refractivity contribution is -0.131. The highest BCUT2D eigenvalue weighted by molar-refractivity contribution is 6.56. The number of allylic oxidation sites excluding steroid dienone is 1. The molecule has 2 aromatic rings. The summed E-state index contributed by atoms with van der Waals surface area (Å²) in [6, 6.07) is 15.4. The molecule has 122 valence electrons. The first-order valence-electron chi connectivity index (χ1n) is 8.42. The molecule has 3 heteroatoms. The van der Waals surface area contributed by atoms with Gasteiger partial charge in [0.2, 0.25) is 0 Å². The average molecular weight is 319 g/mol. The molecule has 0 bridgehead atoms. The van der Waals surface area contributed by atoms with Crippen LogP contribution in [0.5, 0.6) is 0 Å². The highest BCUT2D eigenvalue weighted by atomic mass is 16.2. The molecule has 0 unspecified atom stereocenters. The lowest BCUT2D eigenvalue weighted by atomic mass is 10.0. The number of carbonyl (C=O) groups is 2. The van der Waals surface area contributed by atoms with Crippen LogP contribution in [0.1, 0.15) is 36.5 Å². The number of fused-ring (bicyclic) bond motifs is 1. The third-order valence-electron chi connectivity index (χ3n) is 4.35.